The van der Waals surface area contributed by atoms with Crippen molar-refractivity contribution >= 4 is 23.1 Å². The Morgan fingerprint density at radius 1 is 1.88 bits per heavy atom. The average Bonchev–Trinajstić information content (AvgIpc) is 2.19. The van der Waals surface area contributed by atoms with Crippen LogP contribution in [-0.2, 0) is 0 Å². The van der Waals surface area contributed by atoms with Gasteiger partial charge in [0, 0.05) is 0 Å². The summed E-state index contributed by atoms with van der Waals surface area (Å²) in [7, 11) is 0. The van der Waals surface area contributed by atoms with Crippen LogP contribution in [0.25, 0.3) is 0 Å². The SMILES string of the molecule is CCSc1cncs1. The lowest BCUT2D eigenvalue weighted by Crippen LogP contribution is -1.60. The summed E-state index contributed by atoms with van der Waals surface area (Å²) in [5.41, 5.74) is 1.86. The molecule has 0 saturated carbocycles. The van der Waals surface area contributed by atoms with Crippen molar-refractivity contribution in [3.05, 3.63) is 11.7 Å². The molecule has 1 nitrogen and oxygen atoms in total. The van der Waals surface area contributed by atoms with Gasteiger partial charge >= 0.3 is 0 Å². The van der Waals surface area contributed by atoms with Gasteiger partial charge in [0.1, 0.15) is 0 Å². The van der Waals surface area contributed by atoms with Gasteiger partial charge in [0.2, 0.25) is 0 Å². The summed E-state index contributed by atoms with van der Waals surface area (Å²) in [5, 5.41) is 0. The lowest BCUT2D eigenvalue weighted by Gasteiger charge is -1.84. The Morgan fingerprint density at radius 3 is 3.25 bits per heavy atom. The Bertz CT molecular complexity index is 136. The van der Waals surface area contributed by atoms with E-state index in [4.69, 9.17) is 0 Å². The van der Waals surface area contributed by atoms with Crippen LogP contribution in [0.5, 0.6) is 0 Å². The third kappa shape index (κ3) is 1.49. The molecular formula is C5H7NS2. The molecular weight excluding hydrogens is 138 g/mol. The van der Waals surface area contributed by atoms with Crippen molar-refractivity contribution in [1.82, 2.24) is 4.98 Å². The lowest BCUT2D eigenvalue weighted by atomic mass is 11.0. The van der Waals surface area contributed by atoms with Crippen molar-refractivity contribution in [1.29, 1.82) is 0 Å². The van der Waals surface area contributed by atoms with Crippen molar-refractivity contribution in [2.75, 3.05) is 5.75 Å². The van der Waals surface area contributed by atoms with Crippen LogP contribution in [0.1, 0.15) is 6.92 Å². The first-order chi connectivity index (χ1) is 3.93. The van der Waals surface area contributed by atoms with E-state index in [-0.39, 0.29) is 0 Å². The van der Waals surface area contributed by atoms with Crippen LogP contribution >= 0.6 is 23.1 Å². The summed E-state index contributed by atoms with van der Waals surface area (Å²) in [6.45, 7) is 2.14. The van der Waals surface area contributed by atoms with E-state index in [9.17, 15) is 0 Å². The van der Waals surface area contributed by atoms with Gasteiger partial charge < -0.3 is 0 Å². The number of hydrogen-bond donors (Lipinski definition) is 0. The van der Waals surface area contributed by atoms with Crippen LogP contribution in [-0.4, -0.2) is 10.7 Å². The molecule has 0 saturated heterocycles. The van der Waals surface area contributed by atoms with E-state index in [1.54, 1.807) is 11.3 Å². The Hall–Kier alpha value is -0.0200. The Morgan fingerprint density at radius 2 is 2.75 bits per heavy atom. The molecule has 0 atom stereocenters. The van der Waals surface area contributed by atoms with Gasteiger partial charge in [-0.3, -0.25) is 4.98 Å². The molecule has 0 N–H and O–H groups in total. The predicted octanol–water partition coefficient (Wildman–Crippen LogP) is 2.26. The van der Waals surface area contributed by atoms with E-state index in [1.165, 1.54) is 4.21 Å². The minimum Gasteiger partial charge on any atom is -0.252 e. The summed E-state index contributed by atoms with van der Waals surface area (Å²) in [6, 6.07) is 0. The third-order valence-corrected chi connectivity index (χ3v) is 2.58. The molecule has 1 rings (SSSR count). The number of thiazole rings is 1. The quantitative estimate of drug-likeness (QED) is 0.592. The maximum Gasteiger partial charge on any atom is 0.0803 e. The van der Waals surface area contributed by atoms with Gasteiger partial charge in [0.15, 0.2) is 0 Å². The highest BCUT2D eigenvalue weighted by atomic mass is 32.2. The molecule has 0 radical (unpaired) electrons. The van der Waals surface area contributed by atoms with Crippen LogP contribution in [0.3, 0.4) is 0 Å². The van der Waals surface area contributed by atoms with E-state index >= 15 is 0 Å². The number of nitrogens with zero attached hydrogens (tertiary/aromatic N) is 1. The molecule has 0 bridgehead atoms. The molecule has 0 spiro atoms. The molecule has 0 aliphatic heterocycles. The zero-order chi connectivity index (χ0) is 5.82. The molecule has 3 heteroatoms. The van der Waals surface area contributed by atoms with Crippen LogP contribution in [0.4, 0.5) is 0 Å². The molecule has 44 valence electrons. The fourth-order valence-corrected chi connectivity index (χ4v) is 1.94. The van der Waals surface area contributed by atoms with E-state index in [2.05, 4.69) is 11.9 Å². The Balaban J connectivity index is 2.50. The fraction of sp³-hybridized carbons (Fsp3) is 0.400. The van der Waals surface area contributed by atoms with E-state index in [0.29, 0.717) is 0 Å². The second kappa shape index (κ2) is 3.10. The molecule has 0 fully saturated rings. The summed E-state index contributed by atoms with van der Waals surface area (Å²) in [5.74, 6) is 1.14. The topological polar surface area (TPSA) is 12.9 Å². The number of rotatable bonds is 2. The van der Waals surface area contributed by atoms with Crippen LogP contribution in [0.2, 0.25) is 0 Å². The Labute approximate surface area is 57.1 Å². The molecule has 0 aliphatic carbocycles. The first kappa shape index (κ1) is 6.11. The third-order valence-electron chi connectivity index (χ3n) is 0.696. The average molecular weight is 145 g/mol. The van der Waals surface area contributed by atoms with E-state index in [1.807, 2.05) is 23.5 Å². The van der Waals surface area contributed by atoms with E-state index < -0.39 is 0 Å². The highest BCUT2D eigenvalue weighted by Crippen LogP contribution is 2.20. The molecule has 1 heterocycles. The van der Waals surface area contributed by atoms with Gasteiger partial charge in [-0.1, -0.05) is 6.92 Å². The number of aromatic nitrogens is 1. The van der Waals surface area contributed by atoms with Crippen LogP contribution in [0.15, 0.2) is 15.9 Å². The normalized spacial score (nSPS) is 9.62. The fourth-order valence-electron chi connectivity index (χ4n) is 0.418. The van der Waals surface area contributed by atoms with Crippen molar-refractivity contribution in [2.45, 2.75) is 11.1 Å². The second-order valence-electron chi connectivity index (χ2n) is 1.25. The summed E-state index contributed by atoms with van der Waals surface area (Å²) in [6.07, 6.45) is 1.90. The van der Waals surface area contributed by atoms with Gasteiger partial charge in [-0.2, -0.15) is 0 Å². The van der Waals surface area contributed by atoms with E-state index in [0.717, 1.165) is 5.75 Å². The molecule has 8 heavy (non-hydrogen) atoms. The van der Waals surface area contributed by atoms with Crippen molar-refractivity contribution < 1.29 is 0 Å². The van der Waals surface area contributed by atoms with Gasteiger partial charge in [-0.15, -0.1) is 23.1 Å². The first-order valence-corrected chi connectivity index (χ1v) is 4.31. The zero-order valence-corrected chi connectivity index (χ0v) is 6.26. The molecule has 1 aromatic heterocycles. The maximum absolute atomic E-state index is 3.94. The summed E-state index contributed by atoms with van der Waals surface area (Å²) < 4.78 is 1.31. The summed E-state index contributed by atoms with van der Waals surface area (Å²) in [4.78, 5) is 3.94. The van der Waals surface area contributed by atoms with Crippen LogP contribution in [0, 0.1) is 0 Å². The van der Waals surface area contributed by atoms with Gasteiger partial charge in [0.25, 0.3) is 0 Å². The summed E-state index contributed by atoms with van der Waals surface area (Å²) >= 11 is 3.54. The smallest absolute Gasteiger partial charge is 0.0803 e. The molecule has 0 unspecified atom stereocenters. The van der Waals surface area contributed by atoms with Crippen molar-refractivity contribution in [3.63, 3.8) is 0 Å². The number of thioether (sulfide) groups is 1. The molecule has 0 amide bonds. The van der Waals surface area contributed by atoms with Crippen molar-refractivity contribution in [2.24, 2.45) is 0 Å². The lowest BCUT2D eigenvalue weighted by molar-refractivity contribution is 1.37. The number of hydrogen-bond acceptors (Lipinski definition) is 3. The monoisotopic (exact) mass is 145 g/mol. The zero-order valence-electron chi connectivity index (χ0n) is 4.63. The Kier molecular flexibility index (Phi) is 2.36. The molecule has 0 aliphatic rings. The van der Waals surface area contributed by atoms with Gasteiger partial charge in [-0.25, -0.2) is 0 Å². The standard InChI is InChI=1S/C5H7NS2/c1-2-7-5-3-6-4-8-5/h3-4H,2H2,1H3. The minimum atomic E-state index is 1.14. The van der Waals surface area contributed by atoms with Gasteiger partial charge in [-0.05, 0) is 5.75 Å². The maximum atomic E-state index is 3.94. The highest BCUT2D eigenvalue weighted by Gasteiger charge is 1.88. The van der Waals surface area contributed by atoms with Gasteiger partial charge in [0.05, 0.1) is 15.9 Å². The minimum absolute atomic E-state index is 1.14. The second-order valence-corrected chi connectivity index (χ2v) is 3.70. The van der Waals surface area contributed by atoms with Crippen molar-refractivity contribution in [3.8, 4) is 0 Å². The molecule has 0 aromatic carbocycles. The largest absolute Gasteiger partial charge is 0.252 e. The predicted molar refractivity (Wildman–Crippen MR) is 38.5 cm³/mol. The molecule has 1 aromatic rings. The first-order valence-electron chi connectivity index (χ1n) is 2.44. The highest BCUT2D eigenvalue weighted by molar-refractivity contribution is 8.01. The van der Waals surface area contributed by atoms with Crippen LogP contribution < -0.4 is 0 Å².